The summed E-state index contributed by atoms with van der Waals surface area (Å²) < 4.78 is 30.2. The normalized spacial score (nSPS) is 15.2. The van der Waals surface area contributed by atoms with E-state index in [0.717, 1.165) is 42.8 Å². The average Bonchev–Trinajstić information content (AvgIpc) is 2.97. The van der Waals surface area contributed by atoms with Crippen LogP contribution in [0.3, 0.4) is 0 Å². The molecule has 0 saturated carbocycles. The highest BCUT2D eigenvalue weighted by Gasteiger charge is 2.27. The molecule has 1 aromatic carbocycles. The Labute approximate surface area is 195 Å². The molecule has 2 aromatic heterocycles. The Balaban J connectivity index is 1.61. The summed E-state index contributed by atoms with van der Waals surface area (Å²) in [6.45, 7) is 6.70. The predicted octanol–water partition coefficient (Wildman–Crippen LogP) is 4.61. The zero-order valence-electron chi connectivity index (χ0n) is 19.3. The van der Waals surface area contributed by atoms with Crippen LogP contribution in [0.1, 0.15) is 53.0 Å². The number of hydrogen-bond donors (Lipinski definition) is 1. The number of aromatic nitrogens is 2. The van der Waals surface area contributed by atoms with Gasteiger partial charge < -0.3 is 9.88 Å². The maximum Gasteiger partial charge on any atom is 0.257 e. The average molecular weight is 467 g/mol. The molecular weight excluding hydrogens is 436 g/mol. The van der Waals surface area contributed by atoms with E-state index in [0.29, 0.717) is 29.9 Å². The fraction of sp³-hybridized carbons (Fsp3) is 0.360. The van der Waals surface area contributed by atoms with E-state index in [4.69, 9.17) is 0 Å². The largest absolute Gasteiger partial charge is 0.322 e. The number of hydrogen-bond acceptors (Lipinski definition) is 4. The molecule has 1 saturated heterocycles. The number of carbonyl (C=O) groups excluding carboxylic acids is 1. The molecule has 3 aromatic rings. The number of nitrogens with one attached hydrogen (secondary N) is 1. The molecule has 1 N–H and O–H groups in total. The van der Waals surface area contributed by atoms with Crippen LogP contribution in [0, 0.1) is 20.8 Å². The Morgan fingerprint density at radius 2 is 1.73 bits per heavy atom. The molecule has 0 spiro atoms. The summed E-state index contributed by atoms with van der Waals surface area (Å²) in [6.07, 6.45) is 7.32. The van der Waals surface area contributed by atoms with E-state index in [1.54, 1.807) is 41.8 Å². The van der Waals surface area contributed by atoms with Crippen LogP contribution in [0.25, 0.3) is 5.69 Å². The van der Waals surface area contributed by atoms with Crippen molar-refractivity contribution < 1.29 is 13.2 Å². The molecule has 8 heteroatoms. The summed E-state index contributed by atoms with van der Waals surface area (Å²) in [5.74, 6) is -0.278. The third-order valence-electron chi connectivity index (χ3n) is 6.21. The van der Waals surface area contributed by atoms with E-state index in [1.807, 2.05) is 36.6 Å². The minimum absolute atomic E-state index is 0.253. The van der Waals surface area contributed by atoms with Gasteiger partial charge in [0.2, 0.25) is 10.0 Å². The van der Waals surface area contributed by atoms with Crippen LogP contribution in [0.15, 0.2) is 53.7 Å². The minimum atomic E-state index is -3.61. The summed E-state index contributed by atoms with van der Waals surface area (Å²) >= 11 is 0. The quantitative estimate of drug-likeness (QED) is 0.595. The van der Waals surface area contributed by atoms with E-state index < -0.39 is 10.0 Å². The van der Waals surface area contributed by atoms with Gasteiger partial charge in [-0.2, -0.15) is 4.31 Å². The fourth-order valence-electron chi connectivity index (χ4n) is 4.45. The lowest BCUT2D eigenvalue weighted by Gasteiger charge is -2.21. The van der Waals surface area contributed by atoms with Gasteiger partial charge in [0.25, 0.3) is 5.91 Å². The lowest BCUT2D eigenvalue weighted by atomic mass is 10.2. The lowest BCUT2D eigenvalue weighted by molar-refractivity contribution is 0.102. The molecule has 0 radical (unpaired) electrons. The van der Waals surface area contributed by atoms with Gasteiger partial charge in [0, 0.05) is 36.4 Å². The molecule has 174 valence electrons. The van der Waals surface area contributed by atoms with Gasteiger partial charge >= 0.3 is 0 Å². The predicted molar refractivity (Wildman–Crippen MR) is 129 cm³/mol. The molecule has 1 fully saturated rings. The fourth-order valence-corrected chi connectivity index (χ4v) is 6.22. The van der Waals surface area contributed by atoms with Crippen molar-refractivity contribution in [3.05, 3.63) is 71.3 Å². The molecular formula is C25H30N4O3S. The Morgan fingerprint density at radius 3 is 2.39 bits per heavy atom. The van der Waals surface area contributed by atoms with Crippen molar-refractivity contribution in [1.82, 2.24) is 13.9 Å². The third-order valence-corrected chi connectivity index (χ3v) is 8.25. The Kier molecular flexibility index (Phi) is 6.67. The van der Waals surface area contributed by atoms with E-state index in [2.05, 4.69) is 10.3 Å². The molecule has 33 heavy (non-hydrogen) atoms. The molecule has 0 unspecified atom stereocenters. The Hall–Kier alpha value is -2.97. The molecule has 1 amide bonds. The number of anilines is 1. The van der Waals surface area contributed by atoms with Gasteiger partial charge in [-0.1, -0.05) is 18.9 Å². The summed E-state index contributed by atoms with van der Waals surface area (Å²) in [5.41, 5.74) is 4.26. The third kappa shape index (κ3) is 4.72. The number of amides is 1. The van der Waals surface area contributed by atoms with Crippen molar-refractivity contribution >= 4 is 21.6 Å². The lowest BCUT2D eigenvalue weighted by Crippen LogP contribution is -2.32. The van der Waals surface area contributed by atoms with Crippen LogP contribution in [-0.4, -0.2) is 41.3 Å². The highest BCUT2D eigenvalue weighted by atomic mass is 32.2. The monoisotopic (exact) mass is 466 g/mol. The summed E-state index contributed by atoms with van der Waals surface area (Å²) in [7, 11) is -3.61. The van der Waals surface area contributed by atoms with Gasteiger partial charge in [0.15, 0.2) is 0 Å². The number of sulfonamides is 1. The first-order valence-corrected chi connectivity index (χ1v) is 12.7. The number of carbonyl (C=O) groups is 1. The smallest absolute Gasteiger partial charge is 0.257 e. The Bertz CT molecular complexity index is 1260. The second-order valence-electron chi connectivity index (χ2n) is 8.58. The van der Waals surface area contributed by atoms with Crippen molar-refractivity contribution in [2.45, 2.75) is 51.3 Å². The minimum Gasteiger partial charge on any atom is -0.322 e. The standard InChI is InChI=1S/C25H30N4O3S/c1-18-10-11-21(16-24(18)33(31,32)28-13-6-4-5-7-14-28)27-25(30)23-15-19(2)29(20(23)3)22-9-8-12-26-17-22/h8-12,15-17H,4-7,13-14H2,1-3H3,(H,27,30). The second-order valence-corrected chi connectivity index (χ2v) is 10.5. The van der Waals surface area contributed by atoms with E-state index in [9.17, 15) is 13.2 Å². The van der Waals surface area contributed by atoms with Crippen molar-refractivity contribution in [3.8, 4) is 5.69 Å². The maximum absolute atomic E-state index is 13.3. The Morgan fingerprint density at radius 1 is 1.00 bits per heavy atom. The van der Waals surface area contributed by atoms with Crippen molar-refractivity contribution in [2.24, 2.45) is 0 Å². The van der Waals surface area contributed by atoms with Crippen LogP contribution < -0.4 is 5.32 Å². The van der Waals surface area contributed by atoms with Crippen LogP contribution in [0.5, 0.6) is 0 Å². The molecule has 0 atom stereocenters. The van der Waals surface area contributed by atoms with Crippen LogP contribution in [0.4, 0.5) is 5.69 Å². The molecule has 4 rings (SSSR count). The van der Waals surface area contributed by atoms with Gasteiger partial charge in [0.1, 0.15) is 0 Å². The number of benzene rings is 1. The van der Waals surface area contributed by atoms with Crippen molar-refractivity contribution in [1.29, 1.82) is 0 Å². The van der Waals surface area contributed by atoms with E-state index in [1.165, 1.54) is 0 Å². The molecule has 7 nitrogen and oxygen atoms in total. The van der Waals surface area contributed by atoms with Crippen molar-refractivity contribution in [2.75, 3.05) is 18.4 Å². The molecule has 3 heterocycles. The summed E-state index contributed by atoms with van der Waals surface area (Å²) in [6, 6.07) is 10.7. The first-order valence-electron chi connectivity index (χ1n) is 11.3. The molecule has 1 aliphatic rings. The first kappa shape index (κ1) is 23.2. The van der Waals surface area contributed by atoms with Crippen LogP contribution in [-0.2, 0) is 10.0 Å². The first-order chi connectivity index (χ1) is 15.8. The zero-order valence-corrected chi connectivity index (χ0v) is 20.2. The number of rotatable bonds is 5. The molecule has 1 aliphatic heterocycles. The zero-order chi connectivity index (χ0) is 23.6. The van der Waals surface area contributed by atoms with Gasteiger partial charge in [-0.15, -0.1) is 0 Å². The highest BCUT2D eigenvalue weighted by Crippen LogP contribution is 2.27. The number of nitrogens with zero attached hydrogens (tertiary/aromatic N) is 3. The number of pyridine rings is 1. The molecule has 0 aliphatic carbocycles. The van der Waals surface area contributed by atoms with E-state index >= 15 is 0 Å². The van der Waals surface area contributed by atoms with E-state index in [-0.39, 0.29) is 10.8 Å². The van der Waals surface area contributed by atoms with Crippen LogP contribution >= 0.6 is 0 Å². The topological polar surface area (TPSA) is 84.3 Å². The summed E-state index contributed by atoms with van der Waals surface area (Å²) in [4.78, 5) is 17.5. The van der Waals surface area contributed by atoms with Gasteiger partial charge in [-0.25, -0.2) is 8.42 Å². The summed E-state index contributed by atoms with van der Waals surface area (Å²) in [5, 5.41) is 2.90. The SMILES string of the molecule is Cc1ccc(NC(=O)c2cc(C)n(-c3cccnc3)c2C)cc1S(=O)(=O)N1CCCCCC1. The van der Waals surface area contributed by atoms with Gasteiger partial charge in [-0.05, 0) is 69.5 Å². The van der Waals surface area contributed by atoms with Crippen molar-refractivity contribution in [3.63, 3.8) is 0 Å². The van der Waals surface area contributed by atoms with Crippen LogP contribution in [0.2, 0.25) is 0 Å². The van der Waals surface area contributed by atoms with Gasteiger partial charge in [-0.3, -0.25) is 9.78 Å². The molecule has 0 bridgehead atoms. The second kappa shape index (κ2) is 9.49. The van der Waals surface area contributed by atoms with Gasteiger partial charge in [0.05, 0.1) is 22.3 Å². The number of aryl methyl sites for hydroxylation is 2. The highest BCUT2D eigenvalue weighted by molar-refractivity contribution is 7.89. The maximum atomic E-state index is 13.3.